The number of rotatable bonds is 8. The van der Waals surface area contributed by atoms with E-state index >= 15 is 0 Å². The van der Waals surface area contributed by atoms with Gasteiger partial charge in [-0.2, -0.15) is 0 Å². The van der Waals surface area contributed by atoms with E-state index in [2.05, 4.69) is 26.9 Å². The quantitative estimate of drug-likeness (QED) is 0.322. The van der Waals surface area contributed by atoms with Crippen molar-refractivity contribution in [2.75, 3.05) is 0 Å². The van der Waals surface area contributed by atoms with E-state index in [9.17, 15) is 18.0 Å². The first-order valence-corrected chi connectivity index (χ1v) is 14.2. The van der Waals surface area contributed by atoms with Gasteiger partial charge < -0.3 is 20.4 Å². The summed E-state index contributed by atoms with van der Waals surface area (Å²) in [6.07, 6.45) is 7.09. The number of nitrogens with zero attached hydrogens (tertiary/aromatic N) is 1. The van der Waals surface area contributed by atoms with Crippen LogP contribution in [0.4, 0.5) is 13.2 Å². The van der Waals surface area contributed by atoms with Gasteiger partial charge in [0.25, 0.3) is 0 Å². The van der Waals surface area contributed by atoms with E-state index < -0.39 is 12.3 Å². The molecule has 1 unspecified atom stereocenters. The lowest BCUT2D eigenvalue weighted by atomic mass is 9.87. The minimum absolute atomic E-state index is 0.0745. The second-order valence-electron chi connectivity index (χ2n) is 11.3. The van der Waals surface area contributed by atoms with Gasteiger partial charge in [0, 0.05) is 48.1 Å². The molecule has 0 spiro atoms. The first kappa shape index (κ1) is 27.6. The van der Waals surface area contributed by atoms with E-state index in [-0.39, 0.29) is 30.2 Å². The average Bonchev–Trinajstić information content (AvgIpc) is 3.26. The highest BCUT2D eigenvalue weighted by Gasteiger charge is 2.32. The SMILES string of the molecule is N[C@H]1CC[C@H](NC(=O)CC(c2cccc(OC(F)(F)F)c2)c2cn(CC3CCCCC3)c3ccccc23)CC1. The van der Waals surface area contributed by atoms with Crippen LogP contribution >= 0.6 is 0 Å². The van der Waals surface area contributed by atoms with Crippen LogP contribution in [0.15, 0.2) is 54.7 Å². The Morgan fingerprint density at radius 1 is 1.00 bits per heavy atom. The number of alkyl halides is 3. The van der Waals surface area contributed by atoms with Gasteiger partial charge in [0.1, 0.15) is 5.75 Å². The van der Waals surface area contributed by atoms with Crippen molar-refractivity contribution >= 4 is 16.8 Å². The molecule has 1 amide bonds. The van der Waals surface area contributed by atoms with Gasteiger partial charge in [-0.25, -0.2) is 0 Å². The number of halogens is 3. The number of para-hydroxylation sites is 1. The average molecular weight is 542 g/mol. The molecule has 39 heavy (non-hydrogen) atoms. The smallest absolute Gasteiger partial charge is 0.406 e. The number of amides is 1. The minimum Gasteiger partial charge on any atom is -0.406 e. The maximum Gasteiger partial charge on any atom is 0.573 e. The fraction of sp³-hybridized carbons (Fsp3) is 0.516. The summed E-state index contributed by atoms with van der Waals surface area (Å²) in [7, 11) is 0. The van der Waals surface area contributed by atoms with Gasteiger partial charge in [-0.15, -0.1) is 13.2 Å². The van der Waals surface area contributed by atoms with Gasteiger partial charge in [-0.1, -0.05) is 49.6 Å². The van der Waals surface area contributed by atoms with Crippen LogP contribution in [0.25, 0.3) is 10.9 Å². The number of nitrogens with two attached hydrogens (primary N) is 1. The maximum absolute atomic E-state index is 13.4. The summed E-state index contributed by atoms with van der Waals surface area (Å²) in [5, 5.41) is 4.20. The summed E-state index contributed by atoms with van der Waals surface area (Å²) in [5.74, 6) is -0.208. The predicted molar refractivity (Wildman–Crippen MR) is 146 cm³/mol. The highest BCUT2D eigenvalue weighted by atomic mass is 19.4. The van der Waals surface area contributed by atoms with E-state index in [0.29, 0.717) is 11.5 Å². The summed E-state index contributed by atoms with van der Waals surface area (Å²) in [6, 6.07) is 14.4. The molecule has 5 rings (SSSR count). The largest absolute Gasteiger partial charge is 0.573 e. The molecule has 2 aliphatic carbocycles. The molecule has 0 bridgehead atoms. The van der Waals surface area contributed by atoms with E-state index in [1.165, 1.54) is 44.2 Å². The van der Waals surface area contributed by atoms with Gasteiger partial charge in [-0.05, 0) is 73.8 Å². The Balaban J connectivity index is 1.48. The van der Waals surface area contributed by atoms with E-state index in [1.807, 2.05) is 18.2 Å². The summed E-state index contributed by atoms with van der Waals surface area (Å²) in [4.78, 5) is 13.4. The Labute approximate surface area is 227 Å². The van der Waals surface area contributed by atoms with Crippen molar-refractivity contribution in [3.8, 4) is 5.75 Å². The Hall–Kier alpha value is -3.00. The molecule has 3 N–H and O–H groups in total. The molecule has 0 aliphatic heterocycles. The molecular formula is C31H38F3N3O2. The third-order valence-electron chi connectivity index (χ3n) is 8.39. The zero-order valence-corrected chi connectivity index (χ0v) is 22.3. The molecule has 210 valence electrons. The fourth-order valence-electron chi connectivity index (χ4n) is 6.42. The van der Waals surface area contributed by atoms with Crippen molar-refractivity contribution in [2.24, 2.45) is 11.7 Å². The lowest BCUT2D eigenvalue weighted by molar-refractivity contribution is -0.274. The predicted octanol–water partition coefficient (Wildman–Crippen LogP) is 7.03. The number of ether oxygens (including phenoxy) is 1. The molecule has 0 saturated heterocycles. The number of aromatic nitrogens is 1. The first-order valence-electron chi connectivity index (χ1n) is 14.2. The number of benzene rings is 2. The second-order valence-corrected chi connectivity index (χ2v) is 11.3. The Morgan fingerprint density at radius 2 is 1.74 bits per heavy atom. The van der Waals surface area contributed by atoms with Crippen LogP contribution in [-0.2, 0) is 11.3 Å². The zero-order valence-electron chi connectivity index (χ0n) is 22.3. The third-order valence-corrected chi connectivity index (χ3v) is 8.39. The van der Waals surface area contributed by atoms with Crippen LogP contribution < -0.4 is 15.8 Å². The van der Waals surface area contributed by atoms with Gasteiger partial charge >= 0.3 is 6.36 Å². The number of hydrogen-bond donors (Lipinski definition) is 2. The van der Waals surface area contributed by atoms with Crippen molar-refractivity contribution in [3.63, 3.8) is 0 Å². The van der Waals surface area contributed by atoms with Crippen LogP contribution in [0.2, 0.25) is 0 Å². The van der Waals surface area contributed by atoms with Crippen molar-refractivity contribution < 1.29 is 22.7 Å². The number of carbonyl (C=O) groups excluding carboxylic acids is 1. The van der Waals surface area contributed by atoms with Crippen molar-refractivity contribution in [1.29, 1.82) is 0 Å². The summed E-state index contributed by atoms with van der Waals surface area (Å²) in [6.45, 7) is 0.902. The van der Waals surface area contributed by atoms with Crippen LogP contribution in [0, 0.1) is 5.92 Å². The lowest BCUT2D eigenvalue weighted by Gasteiger charge is -2.27. The molecule has 0 radical (unpaired) electrons. The zero-order chi connectivity index (χ0) is 27.4. The molecule has 2 saturated carbocycles. The minimum atomic E-state index is -4.79. The molecule has 2 aromatic carbocycles. The number of carbonyl (C=O) groups is 1. The molecule has 2 fully saturated rings. The highest BCUT2D eigenvalue weighted by Crippen LogP contribution is 2.38. The molecule has 1 aromatic heterocycles. The van der Waals surface area contributed by atoms with Crippen molar-refractivity contribution in [1.82, 2.24) is 9.88 Å². The van der Waals surface area contributed by atoms with Gasteiger partial charge in [0.2, 0.25) is 5.91 Å². The standard InChI is InChI=1S/C31H38F3N3O2/c32-31(33,34)39-25-10-6-9-22(17-25)27(18-30(38)36-24-15-13-23(35)14-16-24)28-20-37(19-21-7-2-1-3-8-21)29-12-5-4-11-26(28)29/h4-6,9-12,17,20-21,23-24,27H,1-3,7-8,13-16,18-19,35H2,(H,36,38)/t23-,24-,27?. The second kappa shape index (κ2) is 12.0. The Morgan fingerprint density at radius 3 is 2.49 bits per heavy atom. The van der Waals surface area contributed by atoms with Crippen LogP contribution in [0.1, 0.15) is 81.3 Å². The van der Waals surface area contributed by atoms with Gasteiger partial charge in [0.15, 0.2) is 0 Å². The Kier molecular flexibility index (Phi) is 8.50. The molecule has 3 aromatic rings. The molecule has 5 nitrogen and oxygen atoms in total. The van der Waals surface area contributed by atoms with Gasteiger partial charge in [-0.3, -0.25) is 4.79 Å². The van der Waals surface area contributed by atoms with E-state index in [4.69, 9.17) is 5.73 Å². The highest BCUT2D eigenvalue weighted by molar-refractivity contribution is 5.86. The van der Waals surface area contributed by atoms with Gasteiger partial charge in [0.05, 0.1) is 0 Å². The topological polar surface area (TPSA) is 69.3 Å². The number of fused-ring (bicyclic) bond motifs is 1. The van der Waals surface area contributed by atoms with Crippen LogP contribution in [0.3, 0.4) is 0 Å². The van der Waals surface area contributed by atoms with E-state index in [0.717, 1.165) is 48.7 Å². The monoisotopic (exact) mass is 541 g/mol. The van der Waals surface area contributed by atoms with Crippen LogP contribution in [-0.4, -0.2) is 28.9 Å². The molecule has 8 heteroatoms. The number of nitrogens with one attached hydrogen (secondary N) is 1. The van der Waals surface area contributed by atoms with E-state index in [1.54, 1.807) is 12.1 Å². The normalized spacial score (nSPS) is 21.5. The number of hydrogen-bond acceptors (Lipinski definition) is 3. The van der Waals surface area contributed by atoms with Crippen LogP contribution in [0.5, 0.6) is 5.75 Å². The van der Waals surface area contributed by atoms with Crippen molar-refractivity contribution in [2.45, 2.75) is 95.1 Å². The molecule has 2 aliphatic rings. The lowest BCUT2D eigenvalue weighted by Crippen LogP contribution is -2.40. The van der Waals surface area contributed by atoms with Crippen molar-refractivity contribution in [3.05, 3.63) is 65.9 Å². The molecule has 1 heterocycles. The summed E-state index contributed by atoms with van der Waals surface area (Å²) >= 11 is 0. The first-order chi connectivity index (χ1) is 18.7. The fourth-order valence-corrected chi connectivity index (χ4v) is 6.42. The molecule has 1 atom stereocenters. The summed E-state index contributed by atoms with van der Waals surface area (Å²) < 4.78 is 45.6. The molecular weight excluding hydrogens is 503 g/mol. The third kappa shape index (κ3) is 7.15. The summed E-state index contributed by atoms with van der Waals surface area (Å²) in [5.41, 5.74) is 8.70. The maximum atomic E-state index is 13.4. The Bertz CT molecular complexity index is 1260.